The predicted octanol–water partition coefficient (Wildman–Crippen LogP) is 5.97. The third kappa shape index (κ3) is 3.10. The Morgan fingerprint density at radius 1 is 1.19 bits per heavy atom. The van der Waals surface area contributed by atoms with E-state index in [2.05, 4.69) is 17.6 Å². The first-order chi connectivity index (χ1) is 14.7. The minimum Gasteiger partial charge on any atom is -0.506 e. The Hall–Kier alpha value is -3.84. The molecule has 4 nitrogen and oxygen atoms in total. The van der Waals surface area contributed by atoms with Crippen molar-refractivity contribution in [3.63, 3.8) is 0 Å². The van der Waals surface area contributed by atoms with Crippen molar-refractivity contribution in [1.29, 1.82) is 5.26 Å². The normalized spacial score (nSPS) is 15.3. The SMILES string of the molecule is C=C(/C=C1\C(=O)C(c2c(C)[nH]c3ccccc23)=C1O)C(C)(C)c1cc(C#N)ccc1C. The van der Waals surface area contributed by atoms with Crippen molar-refractivity contribution >= 4 is 22.3 Å². The number of allylic oxidation sites excluding steroid dienone is 4. The van der Waals surface area contributed by atoms with Crippen molar-refractivity contribution in [2.45, 2.75) is 33.1 Å². The average Bonchev–Trinajstić information content (AvgIpc) is 3.07. The van der Waals surface area contributed by atoms with E-state index in [0.717, 1.165) is 33.3 Å². The summed E-state index contributed by atoms with van der Waals surface area (Å²) in [6.07, 6.45) is 1.67. The van der Waals surface area contributed by atoms with Crippen LogP contribution in [0.2, 0.25) is 0 Å². The van der Waals surface area contributed by atoms with Crippen molar-refractivity contribution in [3.8, 4) is 6.07 Å². The number of nitrogens with zero attached hydrogens (tertiary/aromatic N) is 1. The second-order valence-corrected chi connectivity index (χ2v) is 8.57. The maximum atomic E-state index is 13.0. The van der Waals surface area contributed by atoms with Crippen LogP contribution in [0.4, 0.5) is 0 Å². The quantitative estimate of drug-likeness (QED) is 0.522. The number of benzene rings is 2. The Morgan fingerprint density at radius 3 is 2.58 bits per heavy atom. The lowest BCUT2D eigenvalue weighted by Crippen LogP contribution is -2.25. The van der Waals surface area contributed by atoms with Crippen molar-refractivity contribution < 1.29 is 9.90 Å². The number of aliphatic hydroxyl groups is 1. The fraction of sp³-hybridized carbons (Fsp3) is 0.185. The van der Waals surface area contributed by atoms with Gasteiger partial charge in [0.05, 0.1) is 22.8 Å². The van der Waals surface area contributed by atoms with E-state index in [1.165, 1.54) is 0 Å². The molecule has 4 rings (SSSR count). The molecular weight excluding hydrogens is 384 g/mol. The highest BCUT2D eigenvalue weighted by atomic mass is 16.3. The standard InChI is InChI=1S/C27H24N2O2/c1-15-10-11-18(14-28)13-21(15)27(4,5)16(2)12-20-25(30)24(26(20)31)23-17(3)29-22-9-7-6-8-19(22)23/h6-13,29-30H,2H2,1,3-5H3/b20-12-. The molecule has 1 heterocycles. The van der Waals surface area contributed by atoms with Gasteiger partial charge in [0, 0.05) is 27.6 Å². The number of hydrogen-bond acceptors (Lipinski definition) is 3. The van der Waals surface area contributed by atoms with Crippen LogP contribution in [0.1, 0.15) is 41.8 Å². The number of aryl methyl sites for hydroxylation is 2. The summed E-state index contributed by atoms with van der Waals surface area (Å²) in [5.41, 5.74) is 5.89. The fourth-order valence-corrected chi connectivity index (χ4v) is 4.28. The van der Waals surface area contributed by atoms with Gasteiger partial charge in [-0.15, -0.1) is 0 Å². The predicted molar refractivity (Wildman–Crippen MR) is 124 cm³/mol. The van der Waals surface area contributed by atoms with E-state index in [1.807, 2.05) is 64.1 Å². The van der Waals surface area contributed by atoms with Crippen LogP contribution in [0.5, 0.6) is 0 Å². The third-order valence-corrected chi connectivity index (χ3v) is 6.27. The number of carbonyl (C=O) groups is 1. The number of aromatic nitrogens is 1. The second kappa shape index (κ2) is 7.14. The van der Waals surface area contributed by atoms with E-state index in [-0.39, 0.29) is 17.1 Å². The molecule has 1 aromatic heterocycles. The maximum Gasteiger partial charge on any atom is 0.201 e. The molecule has 0 saturated carbocycles. The van der Waals surface area contributed by atoms with Gasteiger partial charge in [-0.2, -0.15) is 5.26 Å². The molecule has 0 spiro atoms. The highest BCUT2D eigenvalue weighted by Crippen LogP contribution is 2.43. The molecule has 0 bridgehead atoms. The molecule has 4 heteroatoms. The van der Waals surface area contributed by atoms with Gasteiger partial charge in [-0.05, 0) is 54.8 Å². The molecular formula is C27H24N2O2. The summed E-state index contributed by atoms with van der Waals surface area (Å²) in [6, 6.07) is 15.5. The van der Waals surface area contributed by atoms with Gasteiger partial charge in [0.1, 0.15) is 5.76 Å². The lowest BCUT2D eigenvalue weighted by Gasteiger charge is -2.30. The summed E-state index contributed by atoms with van der Waals surface area (Å²) in [6.45, 7) is 12.1. The number of carbonyl (C=O) groups excluding carboxylic acids is 1. The highest BCUT2D eigenvalue weighted by Gasteiger charge is 2.38. The lowest BCUT2D eigenvalue weighted by atomic mass is 9.73. The molecule has 0 saturated heterocycles. The molecule has 1 aliphatic carbocycles. The number of hydrogen-bond donors (Lipinski definition) is 2. The molecule has 0 radical (unpaired) electrons. The molecule has 0 aliphatic heterocycles. The van der Waals surface area contributed by atoms with Crippen molar-refractivity contribution in [2.24, 2.45) is 0 Å². The molecule has 0 amide bonds. The number of fused-ring (bicyclic) bond motifs is 1. The Balaban J connectivity index is 1.74. The maximum absolute atomic E-state index is 13.0. The van der Waals surface area contributed by atoms with Crippen LogP contribution in [0.25, 0.3) is 16.5 Å². The zero-order chi connectivity index (χ0) is 22.5. The topological polar surface area (TPSA) is 76.9 Å². The van der Waals surface area contributed by atoms with Crippen LogP contribution in [0, 0.1) is 25.2 Å². The number of rotatable bonds is 4. The zero-order valence-electron chi connectivity index (χ0n) is 18.1. The van der Waals surface area contributed by atoms with Crippen molar-refractivity contribution in [2.75, 3.05) is 0 Å². The minimum atomic E-state index is -0.517. The summed E-state index contributed by atoms with van der Waals surface area (Å²) < 4.78 is 0. The number of aromatic amines is 1. The van der Waals surface area contributed by atoms with E-state index in [9.17, 15) is 15.2 Å². The van der Waals surface area contributed by atoms with Crippen LogP contribution in [0.3, 0.4) is 0 Å². The monoisotopic (exact) mass is 408 g/mol. The Morgan fingerprint density at radius 2 is 1.90 bits per heavy atom. The number of para-hydroxylation sites is 1. The average molecular weight is 409 g/mol. The molecule has 0 unspecified atom stereocenters. The summed E-state index contributed by atoms with van der Waals surface area (Å²) in [7, 11) is 0. The van der Waals surface area contributed by atoms with Gasteiger partial charge in [0.2, 0.25) is 5.78 Å². The summed E-state index contributed by atoms with van der Waals surface area (Å²) in [4.78, 5) is 16.3. The number of nitrogens with one attached hydrogen (secondary N) is 1. The molecule has 0 atom stereocenters. The first-order valence-corrected chi connectivity index (χ1v) is 10.1. The van der Waals surface area contributed by atoms with Gasteiger partial charge in [-0.25, -0.2) is 0 Å². The van der Waals surface area contributed by atoms with Crippen molar-refractivity contribution in [3.05, 3.63) is 100.0 Å². The number of ketones is 1. The highest BCUT2D eigenvalue weighted by molar-refractivity contribution is 6.40. The largest absolute Gasteiger partial charge is 0.506 e. The van der Waals surface area contributed by atoms with E-state index in [0.29, 0.717) is 16.7 Å². The minimum absolute atomic E-state index is 0.00250. The van der Waals surface area contributed by atoms with Gasteiger partial charge in [-0.3, -0.25) is 4.79 Å². The summed E-state index contributed by atoms with van der Waals surface area (Å²) in [5.74, 6) is -0.192. The fourth-order valence-electron chi connectivity index (χ4n) is 4.28. The number of Topliss-reactive ketones (excluding diaryl/α,β-unsaturated/α-hetero) is 1. The van der Waals surface area contributed by atoms with E-state index < -0.39 is 5.41 Å². The van der Waals surface area contributed by atoms with Crippen molar-refractivity contribution in [1.82, 2.24) is 4.98 Å². The van der Waals surface area contributed by atoms with E-state index in [4.69, 9.17) is 0 Å². The van der Waals surface area contributed by atoms with E-state index in [1.54, 1.807) is 12.1 Å². The molecule has 31 heavy (non-hydrogen) atoms. The number of nitriles is 1. The van der Waals surface area contributed by atoms with Crippen LogP contribution >= 0.6 is 0 Å². The molecule has 3 aromatic rings. The lowest BCUT2D eigenvalue weighted by molar-refractivity contribution is -0.111. The second-order valence-electron chi connectivity index (χ2n) is 8.57. The first-order valence-electron chi connectivity index (χ1n) is 10.1. The van der Waals surface area contributed by atoms with Crippen LogP contribution in [-0.2, 0) is 10.2 Å². The molecule has 2 N–H and O–H groups in total. The Kier molecular flexibility index (Phi) is 4.71. The van der Waals surface area contributed by atoms with Gasteiger partial charge >= 0.3 is 0 Å². The van der Waals surface area contributed by atoms with Gasteiger partial charge in [-0.1, -0.05) is 44.7 Å². The third-order valence-electron chi connectivity index (χ3n) is 6.27. The molecule has 154 valence electrons. The number of aliphatic hydroxyl groups excluding tert-OH is 1. The van der Waals surface area contributed by atoms with Gasteiger partial charge in [0.15, 0.2) is 0 Å². The van der Waals surface area contributed by atoms with Crippen LogP contribution in [0.15, 0.2) is 72.0 Å². The Bertz CT molecular complexity index is 1370. The van der Waals surface area contributed by atoms with E-state index >= 15 is 0 Å². The summed E-state index contributed by atoms with van der Waals surface area (Å²) in [5, 5.41) is 21.0. The number of H-pyrrole nitrogens is 1. The van der Waals surface area contributed by atoms with Crippen LogP contribution < -0.4 is 0 Å². The van der Waals surface area contributed by atoms with Gasteiger partial charge in [0.25, 0.3) is 0 Å². The summed E-state index contributed by atoms with van der Waals surface area (Å²) >= 11 is 0. The smallest absolute Gasteiger partial charge is 0.201 e. The molecule has 2 aromatic carbocycles. The van der Waals surface area contributed by atoms with Crippen LogP contribution in [-0.4, -0.2) is 15.9 Å². The zero-order valence-corrected chi connectivity index (χ0v) is 18.1. The molecule has 0 fully saturated rings. The first kappa shape index (κ1) is 20.4. The molecule has 1 aliphatic rings. The van der Waals surface area contributed by atoms with Gasteiger partial charge < -0.3 is 10.1 Å². The Labute approximate surface area is 181 Å².